The second-order valence-corrected chi connectivity index (χ2v) is 6.16. The summed E-state index contributed by atoms with van der Waals surface area (Å²) in [5.74, 6) is 0.490. The predicted octanol–water partition coefficient (Wildman–Crippen LogP) is 2.23. The van der Waals surface area contributed by atoms with Gasteiger partial charge in [-0.05, 0) is 29.0 Å². The molecule has 0 saturated carbocycles. The molecule has 1 amide bonds. The molecule has 10 nitrogen and oxygen atoms in total. The number of nitrogens with zero attached hydrogens (tertiary/aromatic N) is 5. The summed E-state index contributed by atoms with van der Waals surface area (Å²) in [6.45, 7) is 0.211. The summed E-state index contributed by atoms with van der Waals surface area (Å²) in [7, 11) is 0. The summed E-state index contributed by atoms with van der Waals surface area (Å²) in [5, 5.41) is 29.4. The second kappa shape index (κ2) is 7.72. The van der Waals surface area contributed by atoms with Gasteiger partial charge in [0.25, 0.3) is 5.56 Å². The summed E-state index contributed by atoms with van der Waals surface area (Å²) < 4.78 is 1.34. The van der Waals surface area contributed by atoms with E-state index in [0.717, 1.165) is 16.7 Å². The third kappa shape index (κ3) is 4.16. The number of rotatable bonds is 5. The Balaban J connectivity index is 1.60. The molecule has 3 N–H and O–H groups in total. The van der Waals surface area contributed by atoms with Gasteiger partial charge in [-0.3, -0.25) is 10.1 Å². The van der Waals surface area contributed by atoms with Crippen molar-refractivity contribution in [1.82, 2.24) is 30.4 Å². The van der Waals surface area contributed by atoms with Crippen LogP contribution in [0.25, 0.3) is 22.6 Å². The van der Waals surface area contributed by atoms with Crippen molar-refractivity contribution in [1.29, 1.82) is 0 Å². The Morgan fingerprint density at radius 3 is 2.59 bits per heavy atom. The molecule has 0 radical (unpaired) electrons. The zero-order valence-electron chi connectivity index (χ0n) is 15.0. The van der Waals surface area contributed by atoms with Crippen LogP contribution in [0.1, 0.15) is 5.56 Å². The van der Waals surface area contributed by atoms with Crippen molar-refractivity contribution in [3.63, 3.8) is 0 Å². The molecule has 4 rings (SSSR count). The van der Waals surface area contributed by atoms with Crippen molar-refractivity contribution in [2.45, 2.75) is 6.54 Å². The maximum Gasteiger partial charge on any atom is 0.409 e. The molecular formula is C19H15N7O3. The number of carboxylic acid groups (broad SMARTS) is 1. The standard InChI is InChI=1S/C19H15N7O3/c27-17-9-8-16(13-4-6-14(7-5-13)18-21-24-25-22-18)23-26(17)11-12-2-1-3-15(10-12)20-19(28)29/h1-10,20H,11H2,(H,28,29)(H,21,22,24,25). The van der Waals surface area contributed by atoms with E-state index in [1.165, 1.54) is 10.7 Å². The molecule has 0 aliphatic carbocycles. The average Bonchev–Trinajstić information content (AvgIpc) is 3.24. The van der Waals surface area contributed by atoms with Crippen molar-refractivity contribution in [2.75, 3.05) is 5.32 Å². The molecule has 2 aromatic heterocycles. The van der Waals surface area contributed by atoms with Crippen LogP contribution < -0.4 is 10.9 Å². The molecule has 0 atom stereocenters. The third-order valence-corrected chi connectivity index (χ3v) is 4.16. The fourth-order valence-electron chi connectivity index (χ4n) is 2.83. The Bertz CT molecular complexity index is 1200. The van der Waals surface area contributed by atoms with Crippen LogP contribution in [0, 0.1) is 0 Å². The van der Waals surface area contributed by atoms with Gasteiger partial charge in [0.15, 0.2) is 0 Å². The van der Waals surface area contributed by atoms with Crippen LogP contribution in [0.3, 0.4) is 0 Å². The van der Waals surface area contributed by atoms with Gasteiger partial charge in [-0.2, -0.15) is 10.3 Å². The van der Waals surface area contributed by atoms with Gasteiger partial charge in [0, 0.05) is 22.9 Å². The lowest BCUT2D eigenvalue weighted by Crippen LogP contribution is -2.22. The monoisotopic (exact) mass is 389 g/mol. The lowest BCUT2D eigenvalue weighted by molar-refractivity contribution is 0.210. The maximum absolute atomic E-state index is 12.2. The Morgan fingerprint density at radius 1 is 1.07 bits per heavy atom. The number of H-pyrrole nitrogens is 1. The molecule has 4 aromatic rings. The van der Waals surface area contributed by atoms with Gasteiger partial charge in [-0.1, -0.05) is 36.4 Å². The van der Waals surface area contributed by atoms with Crippen LogP contribution in [0.15, 0.2) is 65.5 Å². The van der Waals surface area contributed by atoms with E-state index in [-0.39, 0.29) is 12.1 Å². The largest absolute Gasteiger partial charge is 0.465 e. The van der Waals surface area contributed by atoms with E-state index in [4.69, 9.17) is 5.11 Å². The minimum absolute atomic E-state index is 0.211. The Kier molecular flexibility index (Phi) is 4.81. The van der Waals surface area contributed by atoms with Gasteiger partial charge in [-0.15, -0.1) is 10.2 Å². The number of nitrogens with one attached hydrogen (secondary N) is 2. The molecule has 0 saturated heterocycles. The molecule has 0 fully saturated rings. The van der Waals surface area contributed by atoms with E-state index in [1.807, 2.05) is 24.3 Å². The number of carbonyl (C=O) groups is 1. The fraction of sp³-hybridized carbons (Fsp3) is 0.0526. The van der Waals surface area contributed by atoms with Gasteiger partial charge in [-0.25, -0.2) is 9.48 Å². The fourth-order valence-corrected chi connectivity index (χ4v) is 2.83. The summed E-state index contributed by atoms with van der Waals surface area (Å²) in [6, 6.07) is 17.3. The Hall–Kier alpha value is -4.34. The van der Waals surface area contributed by atoms with Crippen LogP contribution in [-0.4, -0.2) is 41.6 Å². The third-order valence-electron chi connectivity index (χ3n) is 4.16. The van der Waals surface area contributed by atoms with Crippen LogP contribution in [0.2, 0.25) is 0 Å². The normalized spacial score (nSPS) is 10.6. The number of aromatic nitrogens is 6. The number of anilines is 1. The number of tetrazole rings is 1. The summed E-state index contributed by atoms with van der Waals surface area (Å²) in [4.78, 5) is 23.0. The van der Waals surface area contributed by atoms with Gasteiger partial charge in [0.1, 0.15) is 0 Å². The number of amides is 1. The SMILES string of the molecule is O=C(O)Nc1cccc(Cn2nc(-c3ccc(-c4nn[nH]n4)cc3)ccc2=O)c1. The van der Waals surface area contributed by atoms with E-state index in [9.17, 15) is 9.59 Å². The number of aromatic amines is 1. The topological polar surface area (TPSA) is 139 Å². The van der Waals surface area contributed by atoms with Crippen LogP contribution >= 0.6 is 0 Å². The van der Waals surface area contributed by atoms with Crippen LogP contribution in [0.5, 0.6) is 0 Å². The molecule has 0 bridgehead atoms. The first-order valence-corrected chi connectivity index (χ1v) is 8.60. The van der Waals surface area contributed by atoms with E-state index in [1.54, 1.807) is 30.3 Å². The van der Waals surface area contributed by atoms with Crippen molar-refractivity contribution < 1.29 is 9.90 Å². The highest BCUT2D eigenvalue weighted by Gasteiger charge is 2.08. The predicted molar refractivity (Wildman–Crippen MR) is 104 cm³/mol. The number of hydrogen-bond acceptors (Lipinski definition) is 6. The van der Waals surface area contributed by atoms with Gasteiger partial charge >= 0.3 is 6.09 Å². The average molecular weight is 389 g/mol. The molecule has 2 aromatic carbocycles. The lowest BCUT2D eigenvalue weighted by atomic mass is 10.1. The molecule has 0 aliphatic rings. The van der Waals surface area contributed by atoms with E-state index >= 15 is 0 Å². The highest BCUT2D eigenvalue weighted by atomic mass is 16.4. The van der Waals surface area contributed by atoms with Crippen LogP contribution in [-0.2, 0) is 6.54 Å². The molecule has 0 unspecified atom stereocenters. The molecule has 0 spiro atoms. The minimum atomic E-state index is -1.15. The maximum atomic E-state index is 12.2. The minimum Gasteiger partial charge on any atom is -0.465 e. The molecule has 29 heavy (non-hydrogen) atoms. The van der Waals surface area contributed by atoms with E-state index in [0.29, 0.717) is 17.2 Å². The smallest absolute Gasteiger partial charge is 0.409 e. The van der Waals surface area contributed by atoms with Gasteiger partial charge < -0.3 is 5.11 Å². The van der Waals surface area contributed by atoms with Gasteiger partial charge in [0.05, 0.1) is 12.2 Å². The molecule has 144 valence electrons. The molecule has 10 heteroatoms. The van der Waals surface area contributed by atoms with Crippen LogP contribution in [0.4, 0.5) is 10.5 Å². The molecule has 0 aliphatic heterocycles. The first-order valence-electron chi connectivity index (χ1n) is 8.60. The van der Waals surface area contributed by atoms with Gasteiger partial charge in [0.2, 0.25) is 5.82 Å². The summed E-state index contributed by atoms with van der Waals surface area (Å²) in [6.07, 6.45) is -1.15. The zero-order chi connectivity index (χ0) is 20.2. The first-order chi connectivity index (χ1) is 14.1. The highest BCUT2D eigenvalue weighted by molar-refractivity contribution is 5.82. The van der Waals surface area contributed by atoms with Crippen molar-refractivity contribution >= 4 is 11.8 Å². The summed E-state index contributed by atoms with van der Waals surface area (Å²) >= 11 is 0. The second-order valence-electron chi connectivity index (χ2n) is 6.16. The van der Waals surface area contributed by atoms with E-state index < -0.39 is 6.09 Å². The highest BCUT2D eigenvalue weighted by Crippen LogP contribution is 2.20. The van der Waals surface area contributed by atoms with E-state index in [2.05, 4.69) is 31.0 Å². The summed E-state index contributed by atoms with van der Waals surface area (Å²) in [5.41, 5.74) is 3.18. The quantitative estimate of drug-likeness (QED) is 0.476. The lowest BCUT2D eigenvalue weighted by Gasteiger charge is -2.09. The molecule has 2 heterocycles. The zero-order valence-corrected chi connectivity index (χ0v) is 15.0. The number of hydrogen-bond donors (Lipinski definition) is 3. The van der Waals surface area contributed by atoms with Crippen molar-refractivity contribution in [3.05, 3.63) is 76.6 Å². The Labute approximate surface area is 163 Å². The van der Waals surface area contributed by atoms with Crippen molar-refractivity contribution in [3.8, 4) is 22.6 Å². The molecular weight excluding hydrogens is 374 g/mol. The Morgan fingerprint density at radius 2 is 1.86 bits per heavy atom. The first kappa shape index (κ1) is 18.0. The van der Waals surface area contributed by atoms with Crippen molar-refractivity contribution in [2.24, 2.45) is 0 Å². The number of benzene rings is 2.